The second kappa shape index (κ2) is 6.79. The predicted octanol–water partition coefficient (Wildman–Crippen LogP) is 1.63. The van der Waals surface area contributed by atoms with Crippen LogP contribution in [-0.2, 0) is 4.79 Å². The van der Waals surface area contributed by atoms with Crippen LogP contribution in [0.2, 0.25) is 0 Å². The van der Waals surface area contributed by atoms with Gasteiger partial charge >= 0.3 is 5.97 Å². The zero-order valence-electron chi connectivity index (χ0n) is 11.7. The molecule has 0 aliphatic heterocycles. The van der Waals surface area contributed by atoms with Gasteiger partial charge in [0, 0.05) is 6.04 Å². The van der Waals surface area contributed by atoms with Crippen LogP contribution in [-0.4, -0.2) is 35.2 Å². The molecule has 3 N–H and O–H groups in total. The number of phenolic OH excluding ortho intramolecular Hbond substituents is 1. The summed E-state index contributed by atoms with van der Waals surface area (Å²) in [6.45, 7) is 3.64. The Balaban J connectivity index is 2.91. The topological polar surface area (TPSA) is 95.9 Å². The number of methoxy groups -OCH3 is 1. The summed E-state index contributed by atoms with van der Waals surface area (Å²) < 4.78 is 4.99. The number of amides is 1. The van der Waals surface area contributed by atoms with Crippen molar-refractivity contribution in [3.05, 3.63) is 23.8 Å². The van der Waals surface area contributed by atoms with Gasteiger partial charge in [-0.25, -0.2) is 0 Å². The number of hydrogen-bond acceptors (Lipinski definition) is 4. The van der Waals surface area contributed by atoms with Crippen LogP contribution >= 0.6 is 0 Å². The molecule has 6 heteroatoms. The van der Waals surface area contributed by atoms with Crippen molar-refractivity contribution in [3.63, 3.8) is 0 Å². The van der Waals surface area contributed by atoms with Gasteiger partial charge in [0.15, 0.2) is 0 Å². The molecule has 110 valence electrons. The number of carbonyl (C=O) groups excluding carboxylic acids is 1. The fourth-order valence-electron chi connectivity index (χ4n) is 1.71. The zero-order valence-corrected chi connectivity index (χ0v) is 11.7. The smallest absolute Gasteiger partial charge is 0.305 e. The number of aliphatic carboxylic acids is 1. The third-order valence-electron chi connectivity index (χ3n) is 2.96. The van der Waals surface area contributed by atoms with Crippen LogP contribution < -0.4 is 10.1 Å². The van der Waals surface area contributed by atoms with Gasteiger partial charge in [-0.15, -0.1) is 0 Å². The van der Waals surface area contributed by atoms with Crippen LogP contribution in [0.25, 0.3) is 0 Å². The molecule has 1 aromatic rings. The molecule has 0 bridgehead atoms. The Labute approximate surface area is 117 Å². The van der Waals surface area contributed by atoms with E-state index in [1.807, 2.05) is 13.8 Å². The molecule has 20 heavy (non-hydrogen) atoms. The minimum atomic E-state index is -0.987. The monoisotopic (exact) mass is 281 g/mol. The molecule has 0 aliphatic carbocycles. The molecule has 0 aliphatic rings. The summed E-state index contributed by atoms with van der Waals surface area (Å²) in [5.74, 6) is -1.29. The highest BCUT2D eigenvalue weighted by molar-refractivity contribution is 5.97. The first kappa shape index (κ1) is 15.8. The lowest BCUT2D eigenvalue weighted by molar-refractivity contribution is -0.137. The van der Waals surface area contributed by atoms with E-state index in [2.05, 4.69) is 5.32 Å². The van der Waals surface area contributed by atoms with E-state index >= 15 is 0 Å². The van der Waals surface area contributed by atoms with Crippen molar-refractivity contribution in [1.82, 2.24) is 5.32 Å². The maximum absolute atomic E-state index is 12.1. The first-order valence-electron chi connectivity index (χ1n) is 6.24. The van der Waals surface area contributed by atoms with Gasteiger partial charge in [0.25, 0.3) is 5.91 Å². The van der Waals surface area contributed by atoms with E-state index < -0.39 is 17.9 Å². The molecule has 1 unspecified atom stereocenters. The van der Waals surface area contributed by atoms with Gasteiger partial charge in [-0.1, -0.05) is 13.8 Å². The van der Waals surface area contributed by atoms with Gasteiger partial charge < -0.3 is 20.3 Å². The van der Waals surface area contributed by atoms with E-state index in [0.717, 1.165) is 0 Å². The summed E-state index contributed by atoms with van der Waals surface area (Å²) in [5, 5.41) is 21.2. The number of carboxylic acids is 1. The number of phenols is 1. The molecule has 0 heterocycles. The van der Waals surface area contributed by atoms with Crippen LogP contribution in [0.4, 0.5) is 0 Å². The van der Waals surface area contributed by atoms with Gasteiger partial charge in [0.2, 0.25) is 0 Å². The minimum absolute atomic E-state index is 0.0391. The lowest BCUT2D eigenvalue weighted by Gasteiger charge is -2.21. The first-order valence-corrected chi connectivity index (χ1v) is 6.24. The number of hydrogen-bond donors (Lipinski definition) is 3. The molecule has 1 rings (SSSR count). The highest BCUT2D eigenvalue weighted by Crippen LogP contribution is 2.23. The summed E-state index contributed by atoms with van der Waals surface area (Å²) in [5.41, 5.74) is 0.0559. The van der Waals surface area contributed by atoms with E-state index in [-0.39, 0.29) is 23.7 Å². The molecular weight excluding hydrogens is 262 g/mol. The Bertz CT molecular complexity index is 498. The average Bonchev–Trinajstić information content (AvgIpc) is 2.37. The molecule has 0 aromatic heterocycles. The maximum Gasteiger partial charge on any atom is 0.305 e. The lowest BCUT2D eigenvalue weighted by Crippen LogP contribution is -2.40. The van der Waals surface area contributed by atoms with Crippen LogP contribution in [0.5, 0.6) is 11.5 Å². The average molecular weight is 281 g/mol. The van der Waals surface area contributed by atoms with Gasteiger partial charge in [-0.05, 0) is 24.1 Å². The predicted molar refractivity (Wildman–Crippen MR) is 73.0 cm³/mol. The molecular formula is C14H19NO5. The quantitative estimate of drug-likeness (QED) is 0.736. The van der Waals surface area contributed by atoms with E-state index in [1.165, 1.54) is 25.3 Å². The van der Waals surface area contributed by atoms with Crippen LogP contribution in [0.15, 0.2) is 18.2 Å². The number of carbonyl (C=O) groups is 2. The normalized spacial score (nSPS) is 12.0. The summed E-state index contributed by atoms with van der Waals surface area (Å²) >= 11 is 0. The van der Waals surface area contributed by atoms with E-state index in [0.29, 0.717) is 5.75 Å². The van der Waals surface area contributed by atoms with Crippen LogP contribution in [0.3, 0.4) is 0 Å². The number of aromatic hydroxyl groups is 1. The molecule has 0 saturated heterocycles. The van der Waals surface area contributed by atoms with Crippen molar-refractivity contribution >= 4 is 11.9 Å². The van der Waals surface area contributed by atoms with Gasteiger partial charge in [-0.3, -0.25) is 9.59 Å². The van der Waals surface area contributed by atoms with Gasteiger partial charge in [0.05, 0.1) is 19.1 Å². The number of benzene rings is 1. The number of nitrogens with one attached hydrogen (secondary N) is 1. The van der Waals surface area contributed by atoms with Crippen molar-refractivity contribution in [1.29, 1.82) is 0 Å². The fraction of sp³-hybridized carbons (Fsp3) is 0.429. The Morgan fingerprint density at radius 1 is 1.35 bits per heavy atom. The highest BCUT2D eigenvalue weighted by atomic mass is 16.5. The van der Waals surface area contributed by atoms with Crippen molar-refractivity contribution in [2.45, 2.75) is 26.3 Å². The van der Waals surface area contributed by atoms with Crippen molar-refractivity contribution in [2.24, 2.45) is 5.92 Å². The molecule has 0 radical (unpaired) electrons. The summed E-state index contributed by atoms with van der Waals surface area (Å²) in [4.78, 5) is 22.9. The standard InChI is InChI=1S/C14H19NO5/c1-8(2)11(7-13(17)18)15-14(19)10-6-9(20-3)4-5-12(10)16/h4-6,8,11,16H,7H2,1-3H3,(H,15,19)(H,17,18). The van der Waals surface area contributed by atoms with Gasteiger partial charge in [0.1, 0.15) is 11.5 Å². The molecule has 0 spiro atoms. The number of rotatable bonds is 6. The lowest BCUT2D eigenvalue weighted by atomic mass is 10.0. The van der Waals surface area contributed by atoms with Crippen LogP contribution in [0.1, 0.15) is 30.6 Å². The molecule has 6 nitrogen and oxygen atoms in total. The Hall–Kier alpha value is -2.24. The minimum Gasteiger partial charge on any atom is -0.507 e. The molecule has 0 saturated carbocycles. The largest absolute Gasteiger partial charge is 0.507 e. The Kier molecular flexibility index (Phi) is 5.37. The summed E-state index contributed by atoms with van der Waals surface area (Å²) in [7, 11) is 1.45. The Morgan fingerprint density at radius 2 is 2.00 bits per heavy atom. The Morgan fingerprint density at radius 3 is 2.50 bits per heavy atom. The summed E-state index contributed by atoms with van der Waals surface area (Å²) in [6.07, 6.45) is -0.172. The second-order valence-electron chi connectivity index (χ2n) is 4.80. The third-order valence-corrected chi connectivity index (χ3v) is 2.96. The van der Waals surface area contributed by atoms with Gasteiger partial charge in [-0.2, -0.15) is 0 Å². The number of ether oxygens (including phenoxy) is 1. The fourth-order valence-corrected chi connectivity index (χ4v) is 1.71. The van der Waals surface area contributed by atoms with Crippen molar-refractivity contribution < 1.29 is 24.5 Å². The second-order valence-corrected chi connectivity index (χ2v) is 4.80. The molecule has 0 fully saturated rings. The van der Waals surface area contributed by atoms with Crippen LogP contribution in [0, 0.1) is 5.92 Å². The SMILES string of the molecule is COc1ccc(O)c(C(=O)NC(CC(=O)O)C(C)C)c1. The zero-order chi connectivity index (χ0) is 15.3. The third kappa shape index (κ3) is 4.15. The first-order chi connectivity index (χ1) is 9.35. The molecule has 1 amide bonds. The van der Waals surface area contributed by atoms with E-state index in [9.17, 15) is 14.7 Å². The number of carboxylic acid groups (broad SMARTS) is 1. The van der Waals surface area contributed by atoms with Crippen molar-refractivity contribution in [3.8, 4) is 11.5 Å². The maximum atomic E-state index is 12.1. The highest BCUT2D eigenvalue weighted by Gasteiger charge is 2.21. The van der Waals surface area contributed by atoms with E-state index in [1.54, 1.807) is 0 Å². The summed E-state index contributed by atoms with van der Waals surface area (Å²) in [6, 6.07) is 3.78. The van der Waals surface area contributed by atoms with E-state index in [4.69, 9.17) is 9.84 Å². The van der Waals surface area contributed by atoms with Crippen molar-refractivity contribution in [2.75, 3.05) is 7.11 Å². The molecule has 1 atom stereocenters. The molecule has 1 aromatic carbocycles.